The Labute approximate surface area is 166 Å². The van der Waals surface area contributed by atoms with Crippen LogP contribution < -0.4 is 0 Å². The topological polar surface area (TPSA) is 0 Å². The number of hydrogen-bond acceptors (Lipinski definition) is 0. The van der Waals surface area contributed by atoms with Gasteiger partial charge in [-0.2, -0.15) is 83.4 Å². The van der Waals surface area contributed by atoms with Crippen LogP contribution in [0.3, 0.4) is 0 Å². The van der Waals surface area contributed by atoms with E-state index in [1.54, 1.807) is 0 Å². The van der Waals surface area contributed by atoms with Crippen molar-refractivity contribution < 1.29 is 92.2 Å². The van der Waals surface area contributed by atoms with Gasteiger partial charge >= 0.3 is 54.1 Å². The van der Waals surface area contributed by atoms with E-state index in [-0.39, 0.29) is 0 Å². The van der Waals surface area contributed by atoms with Gasteiger partial charge in [0.1, 0.15) is 0 Å². The lowest BCUT2D eigenvalue weighted by Crippen LogP contribution is -2.70. The van der Waals surface area contributed by atoms with Crippen LogP contribution in [0, 0.1) is 6.43 Å². The summed E-state index contributed by atoms with van der Waals surface area (Å²) in [5.74, 6) is -61.3. The lowest BCUT2D eigenvalue weighted by molar-refractivity contribution is -0.442. The molecule has 0 aromatic heterocycles. The van der Waals surface area contributed by atoms with Gasteiger partial charge in [0.05, 0.1) is 12.8 Å². The van der Waals surface area contributed by atoms with Gasteiger partial charge in [0, 0.05) is 0 Å². The van der Waals surface area contributed by atoms with Crippen LogP contribution in [0.4, 0.5) is 92.2 Å². The molecule has 0 amide bonds. The van der Waals surface area contributed by atoms with Crippen LogP contribution in [-0.4, -0.2) is 53.6 Å². The van der Waals surface area contributed by atoms with Crippen molar-refractivity contribution in [2.75, 3.05) is 0 Å². The first-order valence-corrected chi connectivity index (χ1v) is 7.13. The Kier molecular flexibility index (Phi) is 7.69. The molecule has 0 saturated heterocycles. The highest BCUT2D eigenvalue weighted by Crippen LogP contribution is 2.62. The molecule has 0 bridgehead atoms. The maximum absolute atomic E-state index is 13.3. The van der Waals surface area contributed by atoms with Gasteiger partial charge in [0.25, 0.3) is 5.92 Å². The zero-order valence-electron chi connectivity index (χ0n) is 14.4. The minimum absolute atomic E-state index is 4.24. The van der Waals surface area contributed by atoms with Crippen LogP contribution in [0.5, 0.6) is 0 Å². The molecule has 0 aromatic rings. The maximum atomic E-state index is 13.3. The van der Waals surface area contributed by atoms with E-state index in [1.165, 1.54) is 0 Å². The van der Waals surface area contributed by atoms with Crippen LogP contribution in [0.1, 0.15) is 12.8 Å². The molecule has 0 fully saturated rings. The van der Waals surface area contributed by atoms with Gasteiger partial charge in [-0.05, 0) is 0 Å². The van der Waals surface area contributed by atoms with Crippen molar-refractivity contribution in [1.29, 1.82) is 0 Å². The first kappa shape index (κ1) is 31.5. The van der Waals surface area contributed by atoms with Gasteiger partial charge in [-0.25, -0.2) is 8.78 Å². The van der Waals surface area contributed by atoms with Crippen molar-refractivity contribution in [3.05, 3.63) is 6.43 Å². The highest BCUT2D eigenvalue weighted by Gasteiger charge is 2.91. The monoisotopic (exact) mass is 547 g/mol. The summed E-state index contributed by atoms with van der Waals surface area (Å²) in [4.78, 5) is 0. The van der Waals surface area contributed by atoms with E-state index >= 15 is 0 Å². The zero-order valence-corrected chi connectivity index (χ0v) is 14.4. The van der Waals surface area contributed by atoms with Crippen molar-refractivity contribution in [3.8, 4) is 0 Å². The van der Waals surface area contributed by atoms with E-state index in [1.807, 2.05) is 0 Å². The first-order chi connectivity index (χ1) is 13.9. The summed E-state index contributed by atoms with van der Waals surface area (Å²) < 4.78 is 266. The molecule has 0 aliphatic rings. The Morgan fingerprint density at radius 2 is 0.697 bits per heavy atom. The van der Waals surface area contributed by atoms with Crippen LogP contribution in [0.15, 0.2) is 0 Å². The number of alkyl halides is 19. The largest absolute Gasteiger partial charge is 0.460 e. The molecule has 0 spiro atoms. The second kappa shape index (κ2) is 8.04. The second-order valence-electron chi connectivity index (χ2n) is 6.25. The van der Waals surface area contributed by atoms with Gasteiger partial charge in [-0.15, -0.1) is 0 Å². The Morgan fingerprint density at radius 3 is 1.00 bits per heavy atom. The van der Waals surface area contributed by atoms with E-state index in [0.29, 0.717) is 0 Å². The third-order valence-electron chi connectivity index (χ3n) is 3.66. The van der Waals surface area contributed by atoms with E-state index in [4.69, 9.17) is 0 Å². The predicted octanol–water partition coefficient (Wildman–Crippen LogP) is 7.84. The number of halogens is 21. The average Bonchev–Trinajstić information content (AvgIpc) is 2.50. The molecule has 33 heavy (non-hydrogen) atoms. The van der Waals surface area contributed by atoms with E-state index in [9.17, 15) is 92.2 Å². The third-order valence-corrected chi connectivity index (χ3v) is 3.66. The minimum Gasteiger partial charge on any atom is -0.206 e. The van der Waals surface area contributed by atoms with Gasteiger partial charge in [-0.1, -0.05) is 0 Å². The van der Waals surface area contributed by atoms with Gasteiger partial charge in [-0.3, -0.25) is 0 Å². The smallest absolute Gasteiger partial charge is 0.206 e. The van der Waals surface area contributed by atoms with Crippen molar-refractivity contribution in [2.45, 2.75) is 66.4 Å². The molecule has 0 aromatic carbocycles. The molecule has 0 nitrogen and oxygen atoms in total. The molecular formula is C12H4F21. The lowest BCUT2D eigenvalue weighted by atomic mass is 9.89. The fourth-order valence-corrected chi connectivity index (χ4v) is 1.87. The molecule has 1 radical (unpaired) electrons. The summed E-state index contributed by atoms with van der Waals surface area (Å²) in [5, 5.41) is 0. The summed E-state index contributed by atoms with van der Waals surface area (Å²) in [7, 11) is 0. The molecule has 0 rings (SSSR count). The molecule has 21 heteroatoms. The minimum atomic E-state index is -8.54. The Morgan fingerprint density at radius 1 is 0.394 bits per heavy atom. The molecule has 0 unspecified atom stereocenters. The number of rotatable bonds is 10. The van der Waals surface area contributed by atoms with Crippen molar-refractivity contribution in [1.82, 2.24) is 0 Å². The average molecular weight is 547 g/mol. The molecule has 0 N–H and O–H groups in total. The maximum Gasteiger partial charge on any atom is 0.460 e. The van der Waals surface area contributed by atoms with Crippen molar-refractivity contribution >= 4 is 0 Å². The van der Waals surface area contributed by atoms with Crippen molar-refractivity contribution in [3.63, 3.8) is 0 Å². The highest BCUT2D eigenvalue weighted by molar-refractivity contribution is 5.11. The van der Waals surface area contributed by atoms with E-state index in [0.717, 1.165) is 0 Å². The van der Waals surface area contributed by atoms with Gasteiger partial charge in [0.2, 0.25) is 0 Å². The van der Waals surface area contributed by atoms with E-state index in [2.05, 4.69) is 0 Å². The quantitative estimate of drug-likeness (QED) is 0.245. The SMILES string of the molecule is F[C](F)C(F)(F)C(F)(F)CC(F)(F)CC(F)(F)C(F)(F)C(F)(F)C(F)(F)C(F)(F)C(F)(F)F. The molecule has 0 atom stereocenters. The molecular weight excluding hydrogens is 543 g/mol. The standard InChI is InChI=1S/C12H4F21/c13-3(14)7(21,22)5(17,18)1-4(15,16)2-6(19,20)8(23,24)9(25,26)10(27,28)11(29,30)12(31,32)33/h1-2H2. The summed E-state index contributed by atoms with van der Waals surface area (Å²) in [5.41, 5.74) is 0. The molecule has 0 heterocycles. The summed E-state index contributed by atoms with van der Waals surface area (Å²) in [6.07, 6.45) is -21.3. The molecule has 0 aliphatic carbocycles. The molecule has 199 valence electrons. The van der Waals surface area contributed by atoms with Gasteiger partial charge in [0.15, 0.2) is 0 Å². The Balaban J connectivity index is 6.29. The summed E-state index contributed by atoms with van der Waals surface area (Å²) in [6.45, 7) is 0. The first-order valence-electron chi connectivity index (χ1n) is 7.13. The van der Waals surface area contributed by atoms with Gasteiger partial charge < -0.3 is 0 Å². The summed E-state index contributed by atoms with van der Waals surface area (Å²) >= 11 is 0. The predicted molar refractivity (Wildman–Crippen MR) is 60.3 cm³/mol. The highest BCUT2D eigenvalue weighted by atomic mass is 19.4. The normalized spacial score (nSPS) is 16.5. The van der Waals surface area contributed by atoms with Crippen molar-refractivity contribution in [2.24, 2.45) is 0 Å². The van der Waals surface area contributed by atoms with Crippen LogP contribution in [0.2, 0.25) is 0 Å². The Hall–Kier alpha value is -1.47. The Bertz CT molecular complexity index is 682. The lowest BCUT2D eigenvalue weighted by Gasteiger charge is -2.40. The summed E-state index contributed by atoms with van der Waals surface area (Å²) in [6, 6.07) is 0. The molecule has 0 aliphatic heterocycles. The van der Waals surface area contributed by atoms with Crippen LogP contribution in [0.25, 0.3) is 0 Å². The fraction of sp³-hybridized carbons (Fsp3) is 0.917. The van der Waals surface area contributed by atoms with E-state index < -0.39 is 72.8 Å². The number of hydrogen-bond donors (Lipinski definition) is 0. The zero-order chi connectivity index (χ0) is 27.5. The van der Waals surface area contributed by atoms with Crippen LogP contribution >= 0.6 is 0 Å². The van der Waals surface area contributed by atoms with Crippen LogP contribution in [-0.2, 0) is 0 Å². The fourth-order valence-electron chi connectivity index (χ4n) is 1.87. The second-order valence-corrected chi connectivity index (χ2v) is 6.25. The third kappa shape index (κ3) is 5.00. The molecule has 0 saturated carbocycles.